The van der Waals surface area contributed by atoms with Crippen molar-refractivity contribution in [2.45, 2.75) is 19.4 Å². The second-order valence-electron chi connectivity index (χ2n) is 3.60. The predicted molar refractivity (Wildman–Crippen MR) is 59.1 cm³/mol. The van der Waals surface area contributed by atoms with Gasteiger partial charge in [-0.25, -0.2) is 4.98 Å². The topological polar surface area (TPSA) is 80.6 Å². The number of nitrogens with two attached hydrogens (primary N) is 1. The van der Waals surface area contributed by atoms with Crippen molar-refractivity contribution in [1.82, 2.24) is 9.38 Å². The Kier molecular flexibility index (Phi) is 2.62. The zero-order valence-electron chi connectivity index (χ0n) is 8.92. The van der Waals surface area contributed by atoms with Gasteiger partial charge in [0.05, 0.1) is 11.7 Å². The molecule has 5 heteroatoms. The van der Waals surface area contributed by atoms with Gasteiger partial charge in [0.25, 0.3) is 0 Å². The third kappa shape index (κ3) is 1.65. The van der Waals surface area contributed by atoms with E-state index in [1.165, 1.54) is 0 Å². The van der Waals surface area contributed by atoms with Crippen molar-refractivity contribution in [3.05, 3.63) is 35.9 Å². The molecular weight excluding hydrogens is 206 g/mol. The van der Waals surface area contributed by atoms with Gasteiger partial charge >= 0.3 is 5.97 Å². The summed E-state index contributed by atoms with van der Waals surface area (Å²) in [6.45, 7) is 2.02. The van der Waals surface area contributed by atoms with Crippen LogP contribution in [0.2, 0.25) is 0 Å². The molecule has 2 aromatic heterocycles. The molecule has 1 atom stereocenters. The fourth-order valence-electron chi connectivity index (χ4n) is 1.67. The van der Waals surface area contributed by atoms with E-state index in [0.717, 1.165) is 17.8 Å². The summed E-state index contributed by atoms with van der Waals surface area (Å²) in [5.74, 6) is -0.0787. The van der Waals surface area contributed by atoms with Gasteiger partial charge < -0.3 is 15.2 Å². The molecule has 1 unspecified atom stereocenters. The van der Waals surface area contributed by atoms with Gasteiger partial charge in [-0.05, 0) is 17.7 Å². The van der Waals surface area contributed by atoms with Crippen molar-refractivity contribution in [3.63, 3.8) is 0 Å². The van der Waals surface area contributed by atoms with Gasteiger partial charge in [0.15, 0.2) is 0 Å². The first-order valence-corrected chi connectivity index (χ1v) is 5.07. The molecule has 0 amide bonds. The fourth-order valence-corrected chi connectivity index (χ4v) is 1.67. The maximum absolute atomic E-state index is 10.7. The number of aryl methyl sites for hydroxylation is 1. The summed E-state index contributed by atoms with van der Waals surface area (Å²) in [6, 6.07) is 2.49. The van der Waals surface area contributed by atoms with Crippen LogP contribution in [0, 0.1) is 0 Å². The minimum Gasteiger partial charge on any atom is -0.480 e. The van der Waals surface area contributed by atoms with Crippen LogP contribution < -0.4 is 5.73 Å². The maximum atomic E-state index is 10.7. The van der Waals surface area contributed by atoms with Crippen molar-refractivity contribution < 1.29 is 9.90 Å². The van der Waals surface area contributed by atoms with Crippen molar-refractivity contribution in [2.24, 2.45) is 5.73 Å². The van der Waals surface area contributed by atoms with Crippen LogP contribution in [0.5, 0.6) is 0 Å². The molecule has 5 nitrogen and oxygen atoms in total. The number of pyridine rings is 1. The number of carboxylic acids is 1. The molecule has 0 fully saturated rings. The number of rotatable bonds is 3. The van der Waals surface area contributed by atoms with Gasteiger partial charge in [0.2, 0.25) is 0 Å². The Balaban J connectivity index is 2.49. The molecule has 2 rings (SSSR count). The number of aromatic nitrogens is 2. The smallest absolute Gasteiger partial charge is 0.325 e. The Morgan fingerprint density at radius 3 is 3.06 bits per heavy atom. The normalized spacial score (nSPS) is 12.9. The van der Waals surface area contributed by atoms with Gasteiger partial charge in [-0.15, -0.1) is 0 Å². The SMILES string of the molecule is CCc1ncc2cc(C(N)C(=O)O)ccn12. The molecule has 16 heavy (non-hydrogen) atoms. The molecule has 0 saturated heterocycles. The summed E-state index contributed by atoms with van der Waals surface area (Å²) in [7, 11) is 0. The first-order chi connectivity index (χ1) is 7.63. The van der Waals surface area contributed by atoms with Gasteiger partial charge in [0.1, 0.15) is 11.9 Å². The van der Waals surface area contributed by atoms with Crippen LogP contribution in [0.3, 0.4) is 0 Å². The fraction of sp³-hybridized carbons (Fsp3) is 0.273. The molecule has 0 aromatic carbocycles. The number of imidazole rings is 1. The average Bonchev–Trinajstić information content (AvgIpc) is 2.69. The summed E-state index contributed by atoms with van der Waals surface area (Å²) in [5, 5.41) is 8.81. The highest BCUT2D eigenvalue weighted by Crippen LogP contribution is 2.15. The third-order valence-corrected chi connectivity index (χ3v) is 2.57. The van der Waals surface area contributed by atoms with Crippen molar-refractivity contribution in [3.8, 4) is 0 Å². The predicted octanol–water partition coefficient (Wildman–Crippen LogP) is 0.981. The number of hydrogen-bond acceptors (Lipinski definition) is 3. The van der Waals surface area contributed by atoms with Crippen LogP contribution in [-0.4, -0.2) is 20.5 Å². The Morgan fingerprint density at radius 1 is 1.69 bits per heavy atom. The summed E-state index contributed by atoms with van der Waals surface area (Å²) in [6.07, 6.45) is 4.36. The van der Waals surface area contributed by atoms with E-state index >= 15 is 0 Å². The highest BCUT2D eigenvalue weighted by molar-refractivity contribution is 5.75. The molecule has 2 heterocycles. The van der Waals surface area contributed by atoms with Crippen LogP contribution in [0.25, 0.3) is 5.52 Å². The Bertz CT molecular complexity index is 533. The molecule has 0 spiro atoms. The monoisotopic (exact) mass is 219 g/mol. The van der Waals surface area contributed by atoms with Crippen LogP contribution in [-0.2, 0) is 11.2 Å². The highest BCUT2D eigenvalue weighted by Gasteiger charge is 2.14. The molecule has 0 radical (unpaired) electrons. The number of hydrogen-bond donors (Lipinski definition) is 2. The lowest BCUT2D eigenvalue weighted by atomic mass is 10.1. The van der Waals surface area contributed by atoms with E-state index in [0.29, 0.717) is 5.56 Å². The molecular formula is C11H13N3O2. The molecule has 0 saturated carbocycles. The number of fused-ring (bicyclic) bond motifs is 1. The van der Waals surface area contributed by atoms with Gasteiger partial charge in [0, 0.05) is 12.6 Å². The third-order valence-electron chi connectivity index (χ3n) is 2.57. The second kappa shape index (κ2) is 3.94. The second-order valence-corrected chi connectivity index (χ2v) is 3.60. The molecule has 0 aliphatic rings. The number of carboxylic acid groups (broad SMARTS) is 1. The van der Waals surface area contributed by atoms with Crippen LogP contribution in [0.15, 0.2) is 24.5 Å². The largest absolute Gasteiger partial charge is 0.480 e. The Morgan fingerprint density at radius 2 is 2.44 bits per heavy atom. The molecule has 2 aromatic rings. The van der Waals surface area contributed by atoms with Gasteiger partial charge in [-0.2, -0.15) is 0 Å². The molecule has 0 aliphatic carbocycles. The zero-order valence-corrected chi connectivity index (χ0v) is 8.92. The summed E-state index contributed by atoms with van der Waals surface area (Å²) in [5.41, 5.74) is 6.99. The first kappa shape index (κ1) is 10.6. The molecule has 0 bridgehead atoms. The van der Waals surface area contributed by atoms with E-state index in [-0.39, 0.29) is 0 Å². The van der Waals surface area contributed by atoms with Crippen LogP contribution in [0.4, 0.5) is 0 Å². The van der Waals surface area contributed by atoms with E-state index in [9.17, 15) is 4.79 Å². The van der Waals surface area contributed by atoms with E-state index in [2.05, 4.69) is 4.98 Å². The number of carbonyl (C=O) groups is 1. The van der Waals surface area contributed by atoms with Crippen LogP contribution in [0.1, 0.15) is 24.4 Å². The summed E-state index contributed by atoms with van der Waals surface area (Å²) >= 11 is 0. The van der Waals surface area contributed by atoms with Crippen molar-refractivity contribution >= 4 is 11.5 Å². The first-order valence-electron chi connectivity index (χ1n) is 5.07. The van der Waals surface area contributed by atoms with Gasteiger partial charge in [-0.1, -0.05) is 6.92 Å². The quantitative estimate of drug-likeness (QED) is 0.806. The van der Waals surface area contributed by atoms with Crippen molar-refractivity contribution in [1.29, 1.82) is 0 Å². The Hall–Kier alpha value is -1.88. The maximum Gasteiger partial charge on any atom is 0.325 e. The standard InChI is InChI=1S/C11H13N3O2/c1-2-9-13-6-8-5-7(3-4-14(8)9)10(12)11(15)16/h3-6,10H,2,12H2,1H3,(H,15,16). The van der Waals surface area contributed by atoms with Crippen molar-refractivity contribution in [2.75, 3.05) is 0 Å². The molecule has 0 aliphatic heterocycles. The molecule has 84 valence electrons. The van der Waals surface area contributed by atoms with E-state index in [4.69, 9.17) is 10.8 Å². The van der Waals surface area contributed by atoms with Gasteiger partial charge in [-0.3, -0.25) is 4.79 Å². The summed E-state index contributed by atoms with van der Waals surface area (Å²) in [4.78, 5) is 15.0. The van der Waals surface area contributed by atoms with E-state index < -0.39 is 12.0 Å². The minimum atomic E-state index is -1.03. The lowest BCUT2D eigenvalue weighted by Crippen LogP contribution is -2.20. The highest BCUT2D eigenvalue weighted by atomic mass is 16.4. The molecule has 3 N–H and O–H groups in total. The summed E-state index contributed by atoms with van der Waals surface area (Å²) < 4.78 is 1.93. The minimum absolute atomic E-state index is 0.586. The zero-order chi connectivity index (χ0) is 11.7. The van der Waals surface area contributed by atoms with E-state index in [1.54, 1.807) is 24.5 Å². The van der Waals surface area contributed by atoms with E-state index in [1.807, 2.05) is 11.3 Å². The Labute approximate surface area is 92.5 Å². The van der Waals surface area contributed by atoms with Crippen LogP contribution >= 0.6 is 0 Å². The average molecular weight is 219 g/mol. The number of aliphatic carboxylic acids is 1. The lowest BCUT2D eigenvalue weighted by Gasteiger charge is -2.07. The number of nitrogens with zero attached hydrogens (tertiary/aromatic N) is 2. The lowest BCUT2D eigenvalue weighted by molar-refractivity contribution is -0.138.